The maximum absolute atomic E-state index is 12.1. The van der Waals surface area contributed by atoms with Crippen LogP contribution in [-0.4, -0.2) is 4.57 Å². The maximum atomic E-state index is 12.1. The van der Waals surface area contributed by atoms with Crippen molar-refractivity contribution in [2.24, 2.45) is 5.41 Å². The Balaban J connectivity index is 2.28. The first kappa shape index (κ1) is 13.4. The molecule has 2 nitrogen and oxygen atoms in total. The van der Waals surface area contributed by atoms with E-state index in [9.17, 15) is 4.79 Å². The Morgan fingerprint density at radius 3 is 2.75 bits per heavy atom. The number of pyridine rings is 1. The Morgan fingerprint density at radius 2 is 2.00 bits per heavy atom. The number of nitrogens with zero attached hydrogens (tertiary/aromatic N) is 1. The van der Waals surface area contributed by atoms with Crippen LogP contribution in [0.1, 0.15) is 25.0 Å². The Kier molecular flexibility index (Phi) is 3.17. The highest BCUT2D eigenvalue weighted by atomic mass is 79.9. The molecule has 0 bridgehead atoms. The number of benzene rings is 1. The minimum absolute atomic E-state index is 0.00220. The van der Waals surface area contributed by atoms with Crippen molar-refractivity contribution in [1.29, 1.82) is 0 Å². The van der Waals surface area contributed by atoms with Gasteiger partial charge in [-0.15, -0.1) is 0 Å². The highest BCUT2D eigenvalue weighted by Crippen LogP contribution is 2.37. The zero-order valence-electron chi connectivity index (χ0n) is 11.6. The predicted molar refractivity (Wildman–Crippen MR) is 85.7 cm³/mol. The van der Waals surface area contributed by atoms with E-state index in [1.54, 1.807) is 16.7 Å². The number of halogens is 1. The first-order valence-electron chi connectivity index (χ1n) is 6.66. The summed E-state index contributed by atoms with van der Waals surface area (Å²) in [5, 5.41) is 0. The van der Waals surface area contributed by atoms with Gasteiger partial charge in [-0.2, -0.15) is 0 Å². The van der Waals surface area contributed by atoms with Gasteiger partial charge in [0.25, 0.3) is 5.56 Å². The number of allylic oxidation sites excluding steroid dienone is 1. The molecule has 1 aromatic carbocycles. The van der Waals surface area contributed by atoms with Crippen LogP contribution in [0.4, 0.5) is 0 Å². The minimum atomic E-state index is 0.00220. The second-order valence-corrected chi connectivity index (χ2v) is 6.82. The summed E-state index contributed by atoms with van der Waals surface area (Å²) in [5.41, 5.74) is 3.44. The molecule has 2 aromatic rings. The molecule has 102 valence electrons. The molecule has 1 heterocycles. The molecule has 3 heteroatoms. The van der Waals surface area contributed by atoms with Crippen molar-refractivity contribution in [2.75, 3.05) is 0 Å². The number of aromatic nitrogens is 1. The molecule has 20 heavy (non-hydrogen) atoms. The Bertz CT molecular complexity index is 756. The van der Waals surface area contributed by atoms with Crippen molar-refractivity contribution in [2.45, 2.75) is 20.3 Å². The van der Waals surface area contributed by atoms with Crippen molar-refractivity contribution >= 4 is 21.6 Å². The third-order valence-corrected chi connectivity index (χ3v) is 4.10. The maximum Gasteiger partial charge on any atom is 0.255 e. The molecule has 0 atom stereocenters. The summed E-state index contributed by atoms with van der Waals surface area (Å²) < 4.78 is 2.76. The molecule has 0 spiro atoms. The van der Waals surface area contributed by atoms with Crippen molar-refractivity contribution in [3.8, 4) is 0 Å². The standard InChI is InChI=1S/C17H16BrNO/c1-17(2)10-12-6-7-13(18)9-14(12)15(11-17)19-8-4-3-5-16(19)20/h3-9,11H,10H2,1-2H3. The molecule has 3 rings (SSSR count). The van der Waals surface area contributed by atoms with Crippen LogP contribution in [0.25, 0.3) is 5.70 Å². The lowest BCUT2D eigenvalue weighted by atomic mass is 9.78. The zero-order chi connectivity index (χ0) is 14.3. The molecule has 1 aromatic heterocycles. The van der Waals surface area contributed by atoms with E-state index in [2.05, 4.69) is 54.1 Å². The summed E-state index contributed by atoms with van der Waals surface area (Å²) in [4.78, 5) is 12.1. The zero-order valence-corrected chi connectivity index (χ0v) is 13.1. The summed E-state index contributed by atoms with van der Waals surface area (Å²) in [6.07, 6.45) is 5.02. The van der Waals surface area contributed by atoms with Gasteiger partial charge in [-0.3, -0.25) is 9.36 Å². The third-order valence-electron chi connectivity index (χ3n) is 3.60. The van der Waals surface area contributed by atoms with E-state index >= 15 is 0 Å². The molecule has 0 saturated heterocycles. The molecular weight excluding hydrogens is 314 g/mol. The van der Waals surface area contributed by atoms with Gasteiger partial charge in [-0.05, 0) is 35.6 Å². The molecule has 0 saturated carbocycles. The minimum Gasteiger partial charge on any atom is -0.284 e. The summed E-state index contributed by atoms with van der Waals surface area (Å²) in [7, 11) is 0. The van der Waals surface area contributed by atoms with Gasteiger partial charge in [0.15, 0.2) is 0 Å². The highest BCUT2D eigenvalue weighted by molar-refractivity contribution is 9.10. The number of hydrogen-bond donors (Lipinski definition) is 0. The van der Waals surface area contributed by atoms with Crippen LogP contribution in [0.3, 0.4) is 0 Å². The van der Waals surface area contributed by atoms with E-state index in [1.807, 2.05) is 12.3 Å². The predicted octanol–water partition coefficient (Wildman–Crippen LogP) is 4.08. The Labute approximate surface area is 126 Å². The molecule has 0 fully saturated rings. The molecule has 0 amide bonds. The molecule has 0 unspecified atom stereocenters. The van der Waals surface area contributed by atoms with E-state index in [0.29, 0.717) is 0 Å². The van der Waals surface area contributed by atoms with E-state index < -0.39 is 0 Å². The van der Waals surface area contributed by atoms with Crippen LogP contribution in [0.15, 0.2) is 57.9 Å². The molecule has 0 radical (unpaired) electrons. The lowest BCUT2D eigenvalue weighted by Crippen LogP contribution is -2.25. The van der Waals surface area contributed by atoms with Gasteiger partial charge in [0.2, 0.25) is 0 Å². The number of hydrogen-bond acceptors (Lipinski definition) is 1. The molecule has 0 N–H and O–H groups in total. The lowest BCUT2D eigenvalue weighted by Gasteiger charge is -2.30. The van der Waals surface area contributed by atoms with E-state index in [-0.39, 0.29) is 11.0 Å². The second-order valence-electron chi connectivity index (χ2n) is 5.91. The van der Waals surface area contributed by atoms with Crippen LogP contribution in [0.2, 0.25) is 0 Å². The van der Waals surface area contributed by atoms with Gasteiger partial charge in [0, 0.05) is 22.3 Å². The average molecular weight is 330 g/mol. The fourth-order valence-corrected chi connectivity index (χ4v) is 3.12. The van der Waals surface area contributed by atoms with Crippen molar-refractivity contribution in [3.63, 3.8) is 0 Å². The largest absolute Gasteiger partial charge is 0.284 e. The number of fused-ring (bicyclic) bond motifs is 1. The summed E-state index contributed by atoms with van der Waals surface area (Å²) in [6.45, 7) is 4.40. The average Bonchev–Trinajstić information content (AvgIpc) is 2.38. The van der Waals surface area contributed by atoms with Gasteiger partial charge >= 0.3 is 0 Å². The lowest BCUT2D eigenvalue weighted by molar-refractivity contribution is 0.470. The van der Waals surface area contributed by atoms with Crippen molar-refractivity contribution in [1.82, 2.24) is 4.57 Å². The van der Waals surface area contributed by atoms with Gasteiger partial charge < -0.3 is 0 Å². The highest BCUT2D eigenvalue weighted by Gasteiger charge is 2.26. The summed E-state index contributed by atoms with van der Waals surface area (Å²) >= 11 is 3.52. The fraction of sp³-hybridized carbons (Fsp3) is 0.235. The van der Waals surface area contributed by atoms with Crippen molar-refractivity contribution in [3.05, 3.63) is 74.6 Å². The van der Waals surface area contributed by atoms with E-state index in [1.165, 1.54) is 5.56 Å². The molecular formula is C17H16BrNO. The molecule has 1 aliphatic carbocycles. The van der Waals surface area contributed by atoms with E-state index in [0.717, 1.165) is 22.2 Å². The van der Waals surface area contributed by atoms with Crippen LogP contribution < -0.4 is 5.56 Å². The fourth-order valence-electron chi connectivity index (χ4n) is 2.76. The topological polar surface area (TPSA) is 22.0 Å². The van der Waals surface area contributed by atoms with Gasteiger partial charge in [0.05, 0.1) is 5.70 Å². The van der Waals surface area contributed by atoms with Crippen molar-refractivity contribution < 1.29 is 0 Å². The van der Waals surface area contributed by atoms with Crippen LogP contribution in [-0.2, 0) is 6.42 Å². The number of rotatable bonds is 1. The van der Waals surface area contributed by atoms with Crippen LogP contribution >= 0.6 is 15.9 Å². The van der Waals surface area contributed by atoms with Gasteiger partial charge in [-0.25, -0.2) is 0 Å². The first-order valence-corrected chi connectivity index (χ1v) is 7.45. The third kappa shape index (κ3) is 2.38. The van der Waals surface area contributed by atoms with E-state index in [4.69, 9.17) is 0 Å². The van der Waals surface area contributed by atoms with Gasteiger partial charge in [-0.1, -0.05) is 48.0 Å². The molecule has 0 aliphatic heterocycles. The smallest absolute Gasteiger partial charge is 0.255 e. The van der Waals surface area contributed by atoms with Crippen LogP contribution in [0, 0.1) is 5.41 Å². The normalized spacial score (nSPS) is 16.4. The summed E-state index contributed by atoms with van der Waals surface area (Å²) in [6, 6.07) is 11.6. The summed E-state index contributed by atoms with van der Waals surface area (Å²) in [5.74, 6) is 0. The quantitative estimate of drug-likeness (QED) is 0.772. The Hall–Kier alpha value is -1.61. The SMILES string of the molecule is CC1(C)C=C(n2ccccc2=O)c2cc(Br)ccc2C1. The second kappa shape index (κ2) is 4.74. The van der Waals surface area contributed by atoms with Gasteiger partial charge in [0.1, 0.15) is 0 Å². The monoisotopic (exact) mass is 329 g/mol. The first-order chi connectivity index (χ1) is 9.46. The Morgan fingerprint density at radius 1 is 1.20 bits per heavy atom. The van der Waals surface area contributed by atoms with Crippen LogP contribution in [0.5, 0.6) is 0 Å². The molecule has 1 aliphatic rings.